The number of aryl methyl sites for hydroxylation is 1. The number of pyridine rings is 1. The standard InChI is InChI=1S/C28H31F5N6O/c1-16-7-18(26(13-27(29,30)14-26)24(35)38(3)15-34)10-22(37-16)39-12-20-19(23(39)40)8-17(9-21(20)28(31,32)33)11-36-25(2)5-4-6-25/h7-10,15,34-36H,4-6,11-14H2,1-3H3. The van der Waals surface area contributed by atoms with Gasteiger partial charge in [-0.2, -0.15) is 13.2 Å². The zero-order chi connectivity index (χ0) is 29.3. The molecule has 12 heteroatoms. The molecule has 0 spiro atoms. The molecular formula is C28H31F5N6O. The Morgan fingerprint density at radius 2 is 1.88 bits per heavy atom. The van der Waals surface area contributed by atoms with Crippen molar-refractivity contribution < 1.29 is 26.7 Å². The molecule has 0 bridgehead atoms. The molecule has 2 saturated carbocycles. The van der Waals surface area contributed by atoms with Crippen molar-refractivity contribution >= 4 is 23.9 Å². The summed E-state index contributed by atoms with van der Waals surface area (Å²) in [7, 11) is 1.42. The third-order valence-corrected chi connectivity index (χ3v) is 8.47. The average molecular weight is 563 g/mol. The molecule has 2 fully saturated rings. The van der Waals surface area contributed by atoms with Crippen molar-refractivity contribution in [2.24, 2.45) is 0 Å². The minimum Gasteiger partial charge on any atom is -0.324 e. The summed E-state index contributed by atoms with van der Waals surface area (Å²) in [6, 6.07) is 5.53. The highest BCUT2D eigenvalue weighted by molar-refractivity contribution is 6.10. The Morgan fingerprint density at radius 1 is 1.20 bits per heavy atom. The number of halogens is 5. The van der Waals surface area contributed by atoms with Crippen LogP contribution in [0.25, 0.3) is 0 Å². The molecule has 1 aliphatic heterocycles. The number of fused-ring (bicyclic) bond motifs is 1. The molecule has 214 valence electrons. The van der Waals surface area contributed by atoms with E-state index in [2.05, 4.69) is 10.3 Å². The molecule has 2 aliphatic carbocycles. The van der Waals surface area contributed by atoms with Crippen LogP contribution in [-0.4, -0.2) is 46.5 Å². The number of amides is 1. The quantitative estimate of drug-likeness (QED) is 0.226. The van der Waals surface area contributed by atoms with E-state index in [0.717, 1.165) is 41.5 Å². The number of anilines is 1. The third kappa shape index (κ3) is 4.76. The van der Waals surface area contributed by atoms with E-state index in [1.807, 2.05) is 6.92 Å². The van der Waals surface area contributed by atoms with E-state index in [1.54, 1.807) is 13.0 Å². The summed E-state index contributed by atoms with van der Waals surface area (Å²) in [4.78, 5) is 20.2. The van der Waals surface area contributed by atoms with Crippen LogP contribution < -0.4 is 10.2 Å². The van der Waals surface area contributed by atoms with Gasteiger partial charge in [0, 0.05) is 43.2 Å². The second kappa shape index (κ2) is 9.32. The van der Waals surface area contributed by atoms with Crippen LogP contribution in [0.2, 0.25) is 0 Å². The van der Waals surface area contributed by atoms with Gasteiger partial charge in [0.15, 0.2) is 0 Å². The van der Waals surface area contributed by atoms with Crippen molar-refractivity contribution in [2.75, 3.05) is 11.9 Å². The molecule has 1 aromatic heterocycles. The fraction of sp³-hybridized carbons (Fsp3) is 0.500. The fourth-order valence-corrected chi connectivity index (χ4v) is 6.01. The molecule has 1 aromatic carbocycles. The molecule has 7 nitrogen and oxygen atoms in total. The summed E-state index contributed by atoms with van der Waals surface area (Å²) in [5, 5.41) is 19.3. The molecular weight excluding hydrogens is 531 g/mol. The van der Waals surface area contributed by atoms with Gasteiger partial charge >= 0.3 is 6.18 Å². The lowest BCUT2D eigenvalue weighted by Crippen LogP contribution is -2.58. The third-order valence-electron chi connectivity index (χ3n) is 8.47. The van der Waals surface area contributed by atoms with Crippen LogP contribution >= 0.6 is 0 Å². The summed E-state index contributed by atoms with van der Waals surface area (Å²) < 4.78 is 70.8. The Hall–Kier alpha value is -3.41. The summed E-state index contributed by atoms with van der Waals surface area (Å²) in [5.41, 5.74) is -1.63. The molecule has 40 heavy (non-hydrogen) atoms. The van der Waals surface area contributed by atoms with Gasteiger partial charge in [0.25, 0.3) is 11.8 Å². The van der Waals surface area contributed by atoms with E-state index in [4.69, 9.17) is 10.8 Å². The van der Waals surface area contributed by atoms with Crippen LogP contribution in [0.3, 0.4) is 0 Å². The van der Waals surface area contributed by atoms with E-state index in [1.165, 1.54) is 19.2 Å². The largest absolute Gasteiger partial charge is 0.416 e. The summed E-state index contributed by atoms with van der Waals surface area (Å²) >= 11 is 0. The first-order chi connectivity index (χ1) is 18.6. The molecule has 0 atom stereocenters. The Labute approximate surface area is 228 Å². The van der Waals surface area contributed by atoms with E-state index >= 15 is 0 Å². The molecule has 2 aromatic rings. The zero-order valence-electron chi connectivity index (χ0n) is 22.5. The topological polar surface area (TPSA) is 96.2 Å². The Morgan fingerprint density at radius 3 is 2.42 bits per heavy atom. The average Bonchev–Trinajstić information content (AvgIpc) is 3.18. The Bertz CT molecular complexity index is 1390. The highest BCUT2D eigenvalue weighted by Gasteiger charge is 2.61. The lowest BCUT2D eigenvalue weighted by molar-refractivity contribution is -0.138. The van der Waals surface area contributed by atoms with Crippen LogP contribution in [-0.2, 0) is 24.7 Å². The maximum atomic E-state index is 14.2. The number of benzene rings is 1. The number of nitrogens with one attached hydrogen (secondary N) is 3. The molecule has 5 rings (SSSR count). The smallest absolute Gasteiger partial charge is 0.324 e. The van der Waals surface area contributed by atoms with Crippen molar-refractivity contribution in [1.82, 2.24) is 15.2 Å². The first kappa shape index (κ1) is 28.1. The first-order valence-electron chi connectivity index (χ1n) is 13.1. The number of amidine groups is 1. The first-order valence-corrected chi connectivity index (χ1v) is 13.1. The monoisotopic (exact) mass is 562 g/mol. The van der Waals surface area contributed by atoms with Crippen molar-refractivity contribution in [2.45, 2.75) is 82.1 Å². The molecule has 0 radical (unpaired) electrons. The molecule has 3 N–H and O–H groups in total. The van der Waals surface area contributed by atoms with Crippen LogP contribution in [0.1, 0.15) is 77.3 Å². The SMILES string of the molecule is Cc1cc(C2(C(=N)N(C)C=N)CC(F)(F)C2)cc(N2Cc3c(cc(CNC4(C)CCC4)cc3C(F)(F)F)C2=O)n1. The molecule has 2 heterocycles. The van der Waals surface area contributed by atoms with Crippen LogP contribution in [0, 0.1) is 17.7 Å². The van der Waals surface area contributed by atoms with Gasteiger partial charge in [0.2, 0.25) is 0 Å². The van der Waals surface area contributed by atoms with Crippen molar-refractivity contribution in [3.05, 3.63) is 57.8 Å². The number of nitrogens with zero attached hydrogens (tertiary/aromatic N) is 3. The molecule has 3 aliphatic rings. The second-order valence-corrected chi connectivity index (χ2v) is 11.6. The number of aromatic nitrogens is 1. The highest BCUT2D eigenvalue weighted by atomic mass is 19.4. The van der Waals surface area contributed by atoms with Crippen LogP contribution in [0.4, 0.5) is 27.8 Å². The van der Waals surface area contributed by atoms with Gasteiger partial charge < -0.3 is 10.2 Å². The van der Waals surface area contributed by atoms with Gasteiger partial charge in [0.05, 0.1) is 23.9 Å². The maximum Gasteiger partial charge on any atom is 0.416 e. The van der Waals surface area contributed by atoms with Gasteiger partial charge in [-0.1, -0.05) is 0 Å². The Kier molecular flexibility index (Phi) is 6.56. The number of carbonyl (C=O) groups excluding carboxylic acids is 1. The van der Waals surface area contributed by atoms with Gasteiger partial charge in [-0.15, -0.1) is 0 Å². The van der Waals surface area contributed by atoms with Gasteiger partial charge in [-0.05, 0) is 74.1 Å². The van der Waals surface area contributed by atoms with Crippen LogP contribution in [0.15, 0.2) is 24.3 Å². The molecule has 1 amide bonds. The van der Waals surface area contributed by atoms with E-state index in [9.17, 15) is 26.7 Å². The predicted molar refractivity (Wildman–Crippen MR) is 140 cm³/mol. The van der Waals surface area contributed by atoms with E-state index in [0.29, 0.717) is 16.8 Å². The number of carbonyl (C=O) groups is 1. The predicted octanol–water partition coefficient (Wildman–Crippen LogP) is 5.78. The zero-order valence-corrected chi connectivity index (χ0v) is 22.5. The van der Waals surface area contributed by atoms with Gasteiger partial charge in [-0.3, -0.25) is 20.5 Å². The lowest BCUT2D eigenvalue weighted by atomic mass is 9.61. The van der Waals surface area contributed by atoms with Crippen LogP contribution in [0.5, 0.6) is 0 Å². The summed E-state index contributed by atoms with van der Waals surface area (Å²) in [6.07, 6.45) is -2.25. The maximum absolute atomic E-state index is 14.2. The number of hydrogen-bond acceptors (Lipinski definition) is 5. The Balaban J connectivity index is 1.52. The minimum absolute atomic E-state index is 0.0332. The van der Waals surface area contributed by atoms with Gasteiger partial charge in [0.1, 0.15) is 11.7 Å². The number of alkyl halides is 5. The van der Waals surface area contributed by atoms with Crippen molar-refractivity contribution in [3.63, 3.8) is 0 Å². The minimum atomic E-state index is -4.68. The fourth-order valence-electron chi connectivity index (χ4n) is 6.01. The summed E-state index contributed by atoms with van der Waals surface area (Å²) in [6.45, 7) is 3.44. The van der Waals surface area contributed by atoms with Gasteiger partial charge in [-0.25, -0.2) is 13.8 Å². The normalized spacial score (nSPS) is 20.4. The lowest BCUT2D eigenvalue weighted by Gasteiger charge is -2.49. The second-order valence-electron chi connectivity index (χ2n) is 11.6. The number of rotatable bonds is 7. The van der Waals surface area contributed by atoms with Crippen molar-refractivity contribution in [1.29, 1.82) is 10.8 Å². The summed E-state index contributed by atoms with van der Waals surface area (Å²) in [5.74, 6) is -3.85. The van der Waals surface area contributed by atoms with E-state index in [-0.39, 0.29) is 41.4 Å². The van der Waals surface area contributed by atoms with E-state index < -0.39 is 41.8 Å². The number of likely N-dealkylation sites (N-methyl/N-ethyl adjacent to an activating group) is 1. The molecule has 0 unspecified atom stereocenters. The number of hydrogen-bond donors (Lipinski definition) is 3. The highest BCUT2D eigenvalue weighted by Crippen LogP contribution is 2.55. The van der Waals surface area contributed by atoms with Crippen molar-refractivity contribution in [3.8, 4) is 0 Å². The molecule has 0 saturated heterocycles.